The highest BCUT2D eigenvalue weighted by Crippen LogP contribution is 2.66. The fourth-order valence-electron chi connectivity index (χ4n) is 6.12. The SMILES string of the molecule is COC(=O)N1C(=O)C2CC=C3C(CC4(Cl)C(=O)N(CBr)C(=O)C4(Cl)C3c3ccc(O)cc3Cl)C2C1=O. The van der Waals surface area contributed by atoms with E-state index in [1.54, 1.807) is 6.08 Å². The summed E-state index contributed by atoms with van der Waals surface area (Å²) in [5, 5.41) is 9.99. The lowest BCUT2D eigenvalue weighted by atomic mass is 9.56. The van der Waals surface area contributed by atoms with Crippen LogP contribution in [0.1, 0.15) is 24.3 Å². The highest BCUT2D eigenvalue weighted by Gasteiger charge is 2.76. The largest absolute Gasteiger partial charge is 0.508 e. The van der Waals surface area contributed by atoms with Gasteiger partial charge in [-0.15, -0.1) is 23.2 Å². The molecule has 2 aliphatic carbocycles. The van der Waals surface area contributed by atoms with Gasteiger partial charge in [0.25, 0.3) is 11.8 Å². The Morgan fingerprint density at radius 1 is 1.17 bits per heavy atom. The third kappa shape index (κ3) is 3.04. The second-order valence-electron chi connectivity index (χ2n) is 9.17. The van der Waals surface area contributed by atoms with Gasteiger partial charge in [-0.05, 0) is 36.5 Å². The Bertz CT molecular complexity index is 1290. The van der Waals surface area contributed by atoms with Gasteiger partial charge in [0.05, 0.1) is 24.4 Å². The number of imide groups is 4. The van der Waals surface area contributed by atoms with Crippen molar-refractivity contribution in [1.82, 2.24) is 9.80 Å². The van der Waals surface area contributed by atoms with Gasteiger partial charge in [-0.3, -0.25) is 24.1 Å². The normalized spacial score (nSPS) is 35.4. The number of carbonyl (C=O) groups excluding carboxylic acids is 5. The number of ether oxygens (including phenoxy) is 1. The van der Waals surface area contributed by atoms with Gasteiger partial charge in [-0.2, -0.15) is 4.90 Å². The molecule has 5 rings (SSSR count). The molecule has 1 aromatic carbocycles. The van der Waals surface area contributed by atoms with Crippen molar-refractivity contribution in [1.29, 1.82) is 0 Å². The van der Waals surface area contributed by atoms with E-state index in [0.717, 1.165) is 12.0 Å². The van der Waals surface area contributed by atoms with E-state index in [2.05, 4.69) is 20.7 Å². The molecule has 6 atom stereocenters. The number of rotatable bonds is 2. The number of allylic oxidation sites excluding steroid dienone is 2. The molecule has 190 valence electrons. The zero-order valence-electron chi connectivity index (χ0n) is 18.5. The van der Waals surface area contributed by atoms with Gasteiger partial charge < -0.3 is 9.84 Å². The predicted octanol–water partition coefficient (Wildman–Crippen LogP) is 3.52. The minimum atomic E-state index is -2.01. The Morgan fingerprint density at radius 3 is 2.47 bits per heavy atom. The van der Waals surface area contributed by atoms with Crippen LogP contribution in [0.4, 0.5) is 4.79 Å². The number of halogens is 4. The number of hydrogen-bond acceptors (Lipinski definition) is 7. The molecule has 13 heteroatoms. The van der Waals surface area contributed by atoms with Gasteiger partial charge in [0.2, 0.25) is 11.8 Å². The summed E-state index contributed by atoms with van der Waals surface area (Å²) < 4.78 is 4.63. The van der Waals surface area contributed by atoms with Crippen molar-refractivity contribution in [3.63, 3.8) is 0 Å². The van der Waals surface area contributed by atoms with Crippen LogP contribution in [-0.2, 0) is 23.9 Å². The van der Waals surface area contributed by atoms with Crippen LogP contribution in [0.25, 0.3) is 0 Å². The third-order valence-electron chi connectivity index (χ3n) is 7.67. The van der Waals surface area contributed by atoms with Crippen LogP contribution >= 0.6 is 50.7 Å². The lowest BCUT2D eigenvalue weighted by Gasteiger charge is -2.50. The van der Waals surface area contributed by atoms with Crippen LogP contribution in [0.2, 0.25) is 5.02 Å². The zero-order valence-corrected chi connectivity index (χ0v) is 22.4. The summed E-state index contributed by atoms with van der Waals surface area (Å²) >= 11 is 23.7. The number of aromatic hydroxyl groups is 1. The quantitative estimate of drug-likeness (QED) is 0.233. The Hall–Kier alpha value is -2.14. The number of nitrogens with zero attached hydrogens (tertiary/aromatic N) is 2. The van der Waals surface area contributed by atoms with Crippen molar-refractivity contribution >= 4 is 80.5 Å². The average molecular weight is 621 g/mol. The molecule has 0 spiro atoms. The number of methoxy groups -OCH3 is 1. The molecule has 2 heterocycles. The summed E-state index contributed by atoms with van der Waals surface area (Å²) in [6, 6.07) is 4.12. The predicted molar refractivity (Wildman–Crippen MR) is 131 cm³/mol. The highest BCUT2D eigenvalue weighted by molar-refractivity contribution is 9.09. The summed E-state index contributed by atoms with van der Waals surface area (Å²) in [6.45, 7) is 0. The number of phenols is 1. The average Bonchev–Trinajstić information content (AvgIpc) is 3.17. The second-order valence-corrected chi connectivity index (χ2v) is 11.3. The number of fused-ring (bicyclic) bond motifs is 4. The lowest BCUT2D eigenvalue weighted by molar-refractivity contribution is -0.140. The fourth-order valence-corrected chi connectivity index (χ4v) is 7.82. The molecule has 6 unspecified atom stereocenters. The molecule has 9 nitrogen and oxygen atoms in total. The fraction of sp³-hybridized carbons (Fsp3) is 0.435. The van der Waals surface area contributed by atoms with E-state index in [4.69, 9.17) is 34.8 Å². The molecule has 2 saturated heterocycles. The van der Waals surface area contributed by atoms with Crippen molar-refractivity contribution in [2.24, 2.45) is 17.8 Å². The molecule has 4 aliphatic rings. The van der Waals surface area contributed by atoms with Crippen LogP contribution < -0.4 is 0 Å². The Labute approximate surface area is 228 Å². The minimum Gasteiger partial charge on any atom is -0.508 e. The van der Waals surface area contributed by atoms with Gasteiger partial charge in [0.1, 0.15) is 5.75 Å². The highest BCUT2D eigenvalue weighted by atomic mass is 79.9. The third-order valence-corrected chi connectivity index (χ3v) is 9.91. The molecule has 36 heavy (non-hydrogen) atoms. The Kier molecular flexibility index (Phi) is 5.98. The van der Waals surface area contributed by atoms with Gasteiger partial charge in [0.15, 0.2) is 9.75 Å². The summed E-state index contributed by atoms with van der Waals surface area (Å²) in [5.41, 5.74) is 0.677. The zero-order chi connectivity index (χ0) is 26.3. The topological polar surface area (TPSA) is 121 Å². The van der Waals surface area contributed by atoms with Crippen molar-refractivity contribution in [2.75, 3.05) is 12.6 Å². The molecule has 1 saturated carbocycles. The first-order chi connectivity index (χ1) is 16.9. The van der Waals surface area contributed by atoms with E-state index < -0.39 is 63.1 Å². The van der Waals surface area contributed by atoms with Crippen LogP contribution in [0.15, 0.2) is 29.8 Å². The van der Waals surface area contributed by atoms with Crippen molar-refractivity contribution in [2.45, 2.75) is 28.5 Å². The molecule has 5 amide bonds. The number of hydrogen-bond donors (Lipinski definition) is 1. The number of benzene rings is 1. The van der Waals surface area contributed by atoms with E-state index in [9.17, 15) is 29.1 Å². The molecular formula is C23H18BrCl3N2O7. The van der Waals surface area contributed by atoms with Crippen molar-refractivity contribution in [3.8, 4) is 5.75 Å². The summed E-state index contributed by atoms with van der Waals surface area (Å²) in [4.78, 5) is 63.1. The minimum absolute atomic E-state index is 0.0743. The summed E-state index contributed by atoms with van der Waals surface area (Å²) in [6.07, 6.45) is 0.479. The van der Waals surface area contributed by atoms with E-state index in [-0.39, 0.29) is 29.1 Å². The van der Waals surface area contributed by atoms with Gasteiger partial charge in [-0.25, -0.2) is 4.79 Å². The van der Waals surface area contributed by atoms with Gasteiger partial charge in [0, 0.05) is 10.9 Å². The lowest BCUT2D eigenvalue weighted by Crippen LogP contribution is -2.60. The Balaban J connectivity index is 1.73. The summed E-state index contributed by atoms with van der Waals surface area (Å²) in [5.74, 6) is -6.84. The molecule has 2 aliphatic heterocycles. The molecule has 0 radical (unpaired) electrons. The molecular weight excluding hydrogens is 603 g/mol. The van der Waals surface area contributed by atoms with E-state index in [1.807, 2.05) is 0 Å². The molecule has 0 aromatic heterocycles. The monoisotopic (exact) mass is 618 g/mol. The molecule has 1 N–H and O–H groups in total. The van der Waals surface area contributed by atoms with Crippen molar-refractivity contribution in [3.05, 3.63) is 40.4 Å². The van der Waals surface area contributed by atoms with Crippen LogP contribution in [0.5, 0.6) is 5.75 Å². The number of amides is 5. The maximum absolute atomic E-state index is 13.6. The number of alkyl halides is 3. The first-order valence-corrected chi connectivity index (χ1v) is 13.1. The van der Waals surface area contributed by atoms with Crippen LogP contribution in [0, 0.1) is 17.8 Å². The summed E-state index contributed by atoms with van der Waals surface area (Å²) in [7, 11) is 1.06. The molecule has 3 fully saturated rings. The first-order valence-electron chi connectivity index (χ1n) is 10.9. The number of phenolic OH excluding ortho intramolecular Hbond substituents is 1. The van der Waals surface area contributed by atoms with Gasteiger partial charge >= 0.3 is 6.09 Å². The smallest absolute Gasteiger partial charge is 0.423 e. The molecule has 1 aromatic rings. The first kappa shape index (κ1) is 25.5. The standard InChI is InChI=1S/C23H18BrCl3N2O7/c1-36-21(35)29-17(31)12-5-4-10-13(15(12)18(29)32)7-22(26)19(33)28(8-24)20(34)23(22,27)16(10)11-3-2-9(30)6-14(11)25/h2-4,6,12-13,15-16,30H,5,7-8H2,1H3. The van der Waals surface area contributed by atoms with Crippen molar-refractivity contribution < 1.29 is 33.8 Å². The Morgan fingerprint density at radius 2 is 1.86 bits per heavy atom. The molecule has 0 bridgehead atoms. The maximum Gasteiger partial charge on any atom is 0.423 e. The van der Waals surface area contributed by atoms with Crippen LogP contribution in [-0.4, -0.2) is 66.9 Å². The van der Waals surface area contributed by atoms with Gasteiger partial charge in [-0.1, -0.05) is 45.2 Å². The second kappa shape index (κ2) is 8.44. The maximum atomic E-state index is 13.6. The van der Waals surface area contributed by atoms with E-state index >= 15 is 0 Å². The van der Waals surface area contributed by atoms with E-state index in [0.29, 0.717) is 16.0 Å². The number of likely N-dealkylation sites (tertiary alicyclic amines) is 2. The number of carbonyl (C=O) groups is 5. The van der Waals surface area contributed by atoms with E-state index in [1.165, 1.54) is 18.2 Å². The van der Waals surface area contributed by atoms with Crippen LogP contribution in [0.3, 0.4) is 0 Å².